The summed E-state index contributed by atoms with van der Waals surface area (Å²) in [5.74, 6) is -1.61. The Morgan fingerprint density at radius 3 is 2.19 bits per heavy atom. The van der Waals surface area contributed by atoms with Crippen molar-refractivity contribution in [1.29, 1.82) is 0 Å². The number of amides is 1. The highest BCUT2D eigenvalue weighted by Gasteiger charge is 2.06. The number of rotatable bonds is 8. The predicted molar refractivity (Wildman–Crippen MR) is 123 cm³/mol. The molecule has 1 aromatic heterocycles. The van der Waals surface area contributed by atoms with Gasteiger partial charge in [-0.3, -0.25) is 4.79 Å². The summed E-state index contributed by atoms with van der Waals surface area (Å²) in [6.45, 7) is 1.44. The molecule has 2 aromatic carbocycles. The number of hydrogen-bond donors (Lipinski definition) is 3. The molecule has 8 nitrogen and oxygen atoms in total. The molecule has 0 fully saturated rings. The number of aryl methyl sites for hydroxylation is 1. The van der Waals surface area contributed by atoms with Crippen molar-refractivity contribution < 1.29 is 24.6 Å². The molecule has 166 valence electrons. The first-order chi connectivity index (χ1) is 15.4. The van der Waals surface area contributed by atoms with Crippen molar-refractivity contribution in [2.75, 3.05) is 6.54 Å². The molecule has 0 atom stereocenters. The summed E-state index contributed by atoms with van der Waals surface area (Å²) in [7, 11) is 0. The number of carbonyl (C=O) groups excluding carboxylic acids is 1. The average molecular weight is 500 g/mol. The van der Waals surface area contributed by atoms with Crippen LogP contribution in [-0.2, 0) is 16.1 Å². The number of hydrogen-bond acceptors (Lipinski definition) is 4. The lowest BCUT2D eigenvalue weighted by molar-refractivity contribution is -0.134. The van der Waals surface area contributed by atoms with Crippen LogP contribution in [0, 0.1) is 0 Å². The van der Waals surface area contributed by atoms with E-state index in [1.807, 2.05) is 67.0 Å². The molecule has 3 N–H and O–H groups in total. The second kappa shape index (κ2) is 12.9. The lowest BCUT2D eigenvalue weighted by Crippen LogP contribution is -2.25. The van der Waals surface area contributed by atoms with Crippen LogP contribution in [0.4, 0.5) is 0 Å². The smallest absolute Gasteiger partial charge is 0.328 e. The fourth-order valence-corrected chi connectivity index (χ4v) is 2.90. The quantitative estimate of drug-likeness (QED) is 0.319. The van der Waals surface area contributed by atoms with Crippen molar-refractivity contribution in [1.82, 2.24) is 14.9 Å². The number of carboxylic acids is 2. The highest BCUT2D eigenvalue weighted by atomic mass is 79.9. The zero-order chi connectivity index (χ0) is 23.3. The molecule has 0 aliphatic rings. The van der Waals surface area contributed by atoms with Gasteiger partial charge in [0.1, 0.15) is 5.82 Å². The Kier molecular flexibility index (Phi) is 9.86. The van der Waals surface area contributed by atoms with E-state index < -0.39 is 11.9 Å². The van der Waals surface area contributed by atoms with Crippen molar-refractivity contribution in [3.63, 3.8) is 0 Å². The van der Waals surface area contributed by atoms with Crippen LogP contribution in [0.15, 0.2) is 83.6 Å². The molecule has 0 spiro atoms. The Morgan fingerprint density at radius 2 is 1.59 bits per heavy atom. The summed E-state index contributed by atoms with van der Waals surface area (Å²) in [5.41, 5.74) is 1.77. The van der Waals surface area contributed by atoms with Crippen LogP contribution in [-0.4, -0.2) is 44.2 Å². The van der Waals surface area contributed by atoms with Gasteiger partial charge in [0.05, 0.1) is 0 Å². The summed E-state index contributed by atoms with van der Waals surface area (Å²) in [5, 5.41) is 18.6. The summed E-state index contributed by atoms with van der Waals surface area (Å²) >= 11 is 3.37. The summed E-state index contributed by atoms with van der Waals surface area (Å²) in [6, 6.07) is 17.5. The molecular formula is C23H22BrN3O5. The van der Waals surface area contributed by atoms with Gasteiger partial charge in [0.15, 0.2) is 0 Å². The number of aromatic nitrogens is 2. The van der Waals surface area contributed by atoms with E-state index in [2.05, 4.69) is 30.8 Å². The predicted octanol–water partition coefficient (Wildman–Crippen LogP) is 3.84. The minimum absolute atomic E-state index is 0.0450. The highest BCUT2D eigenvalue weighted by molar-refractivity contribution is 9.10. The van der Waals surface area contributed by atoms with Gasteiger partial charge in [0, 0.05) is 53.2 Å². The minimum atomic E-state index is -1.26. The van der Waals surface area contributed by atoms with E-state index in [1.165, 1.54) is 0 Å². The van der Waals surface area contributed by atoms with Gasteiger partial charge in [0.25, 0.3) is 5.91 Å². The number of aliphatic carboxylic acids is 2. The number of imidazole rings is 1. The SMILES string of the molecule is O=C(NCCCn1ccnc1-c1ccccc1)c1ccc(Br)cc1.O=C(O)C=CC(=O)O. The maximum absolute atomic E-state index is 12.1. The van der Waals surface area contributed by atoms with Gasteiger partial charge in [-0.15, -0.1) is 0 Å². The first-order valence-corrected chi connectivity index (χ1v) is 10.4. The number of nitrogens with zero attached hydrogens (tertiary/aromatic N) is 2. The molecule has 0 unspecified atom stereocenters. The second-order valence-electron chi connectivity index (χ2n) is 6.44. The molecule has 9 heteroatoms. The van der Waals surface area contributed by atoms with Crippen molar-refractivity contribution in [3.8, 4) is 11.4 Å². The van der Waals surface area contributed by atoms with Crippen molar-refractivity contribution in [2.45, 2.75) is 13.0 Å². The largest absolute Gasteiger partial charge is 0.478 e. The number of nitrogens with one attached hydrogen (secondary N) is 1. The third-order valence-corrected chi connectivity index (χ3v) is 4.61. The van der Waals surface area contributed by atoms with Gasteiger partial charge in [-0.1, -0.05) is 46.3 Å². The van der Waals surface area contributed by atoms with E-state index in [0.29, 0.717) is 24.3 Å². The molecule has 0 bridgehead atoms. The number of carbonyl (C=O) groups is 3. The number of carboxylic acid groups (broad SMARTS) is 2. The zero-order valence-electron chi connectivity index (χ0n) is 17.0. The molecule has 0 radical (unpaired) electrons. The van der Waals surface area contributed by atoms with Crippen molar-refractivity contribution in [3.05, 3.63) is 89.2 Å². The molecular weight excluding hydrogens is 478 g/mol. The highest BCUT2D eigenvalue weighted by Crippen LogP contribution is 2.17. The van der Waals surface area contributed by atoms with Crippen LogP contribution in [0.25, 0.3) is 11.4 Å². The Bertz CT molecular complexity index is 1050. The first-order valence-electron chi connectivity index (χ1n) is 9.61. The zero-order valence-corrected chi connectivity index (χ0v) is 18.6. The van der Waals surface area contributed by atoms with E-state index in [4.69, 9.17) is 10.2 Å². The van der Waals surface area contributed by atoms with Gasteiger partial charge < -0.3 is 20.1 Å². The van der Waals surface area contributed by atoms with Crippen LogP contribution in [0.5, 0.6) is 0 Å². The first kappa shape index (κ1) is 24.5. The van der Waals surface area contributed by atoms with Crippen LogP contribution in [0.1, 0.15) is 16.8 Å². The fourth-order valence-electron chi connectivity index (χ4n) is 2.63. The van der Waals surface area contributed by atoms with Gasteiger partial charge in [-0.05, 0) is 30.7 Å². The molecule has 0 aliphatic heterocycles. The Balaban J connectivity index is 0.000000390. The monoisotopic (exact) mass is 499 g/mol. The van der Waals surface area contributed by atoms with Gasteiger partial charge in [-0.2, -0.15) is 0 Å². The van der Waals surface area contributed by atoms with Gasteiger partial charge >= 0.3 is 11.9 Å². The minimum Gasteiger partial charge on any atom is -0.478 e. The van der Waals surface area contributed by atoms with Crippen LogP contribution < -0.4 is 5.32 Å². The van der Waals surface area contributed by atoms with E-state index in [0.717, 1.165) is 28.8 Å². The lowest BCUT2D eigenvalue weighted by Gasteiger charge is -2.09. The van der Waals surface area contributed by atoms with E-state index in [1.54, 1.807) is 0 Å². The van der Waals surface area contributed by atoms with Crippen LogP contribution in [0.2, 0.25) is 0 Å². The van der Waals surface area contributed by atoms with Gasteiger partial charge in [-0.25, -0.2) is 14.6 Å². The number of halogens is 1. The summed E-state index contributed by atoms with van der Waals surface area (Å²) < 4.78 is 3.08. The molecule has 0 aliphatic carbocycles. The van der Waals surface area contributed by atoms with E-state index in [-0.39, 0.29) is 5.91 Å². The molecule has 32 heavy (non-hydrogen) atoms. The maximum atomic E-state index is 12.1. The van der Waals surface area contributed by atoms with Crippen molar-refractivity contribution >= 4 is 33.8 Å². The molecule has 0 saturated carbocycles. The molecule has 3 aromatic rings. The molecule has 1 heterocycles. The number of benzene rings is 2. The van der Waals surface area contributed by atoms with E-state index >= 15 is 0 Å². The molecule has 3 rings (SSSR count). The van der Waals surface area contributed by atoms with Crippen LogP contribution >= 0.6 is 15.9 Å². The third kappa shape index (κ3) is 8.57. The summed E-state index contributed by atoms with van der Waals surface area (Å²) in [6.07, 6.45) is 5.74. The van der Waals surface area contributed by atoms with Crippen molar-refractivity contribution in [2.24, 2.45) is 0 Å². The Hall–Kier alpha value is -3.72. The average Bonchev–Trinajstić information content (AvgIpc) is 3.25. The van der Waals surface area contributed by atoms with Gasteiger partial charge in [0.2, 0.25) is 0 Å². The molecule has 0 saturated heterocycles. The fraction of sp³-hybridized carbons (Fsp3) is 0.130. The van der Waals surface area contributed by atoms with E-state index in [9.17, 15) is 14.4 Å². The standard InChI is InChI=1S/C19H18BrN3O.C4H4O4/c20-17-9-7-16(8-10-17)19(24)22-11-4-13-23-14-12-21-18(23)15-5-2-1-3-6-15;5-3(6)1-2-4(7)8/h1-3,5-10,12,14H,4,11,13H2,(H,22,24);1-2H,(H,5,6)(H,7,8). The van der Waals surface area contributed by atoms with Crippen LogP contribution in [0.3, 0.4) is 0 Å². The maximum Gasteiger partial charge on any atom is 0.328 e. The lowest BCUT2D eigenvalue weighted by atomic mass is 10.2. The second-order valence-corrected chi connectivity index (χ2v) is 7.35. The Labute approximate surface area is 193 Å². The third-order valence-electron chi connectivity index (χ3n) is 4.08. The molecule has 1 amide bonds. The Morgan fingerprint density at radius 1 is 0.969 bits per heavy atom. The topological polar surface area (TPSA) is 122 Å². The normalized spacial score (nSPS) is 10.3. The summed E-state index contributed by atoms with van der Waals surface area (Å²) in [4.78, 5) is 35.6.